The summed E-state index contributed by atoms with van der Waals surface area (Å²) >= 11 is 0. The van der Waals surface area contributed by atoms with Gasteiger partial charge in [0.2, 0.25) is 0 Å². The van der Waals surface area contributed by atoms with Crippen LogP contribution in [0.15, 0.2) is 24.7 Å². The fourth-order valence-electron chi connectivity index (χ4n) is 2.33. The molecule has 110 valence electrons. The quantitative estimate of drug-likeness (QED) is 0.920. The molecule has 6 heteroatoms. The van der Waals surface area contributed by atoms with Gasteiger partial charge in [0.25, 0.3) is 0 Å². The molecule has 1 aliphatic heterocycles. The van der Waals surface area contributed by atoms with Crippen LogP contribution in [0.3, 0.4) is 0 Å². The first-order chi connectivity index (χ1) is 10.2. The van der Waals surface area contributed by atoms with Crippen LogP contribution in [-0.2, 0) is 0 Å². The van der Waals surface area contributed by atoms with Gasteiger partial charge in [-0.05, 0) is 5.92 Å². The maximum Gasteiger partial charge on any atom is 0.182 e. The number of nitrogens with zero attached hydrogens (tertiary/aromatic N) is 5. The third-order valence-electron chi connectivity index (χ3n) is 3.56. The lowest BCUT2D eigenvalue weighted by molar-refractivity contribution is 0.584. The van der Waals surface area contributed by atoms with Crippen molar-refractivity contribution in [3.63, 3.8) is 0 Å². The zero-order chi connectivity index (χ0) is 14.7. The molecule has 1 saturated heterocycles. The molecule has 2 aromatic rings. The number of piperazine rings is 1. The first-order valence-electron chi connectivity index (χ1n) is 7.35. The van der Waals surface area contributed by atoms with Crippen LogP contribution < -0.4 is 10.2 Å². The van der Waals surface area contributed by atoms with Crippen molar-refractivity contribution >= 4 is 5.82 Å². The summed E-state index contributed by atoms with van der Waals surface area (Å²) in [5.41, 5.74) is 1.76. The number of hydrogen-bond donors (Lipinski definition) is 1. The molecule has 0 atom stereocenters. The maximum absolute atomic E-state index is 4.69. The van der Waals surface area contributed by atoms with Crippen molar-refractivity contribution in [3.8, 4) is 11.5 Å². The molecule has 0 bridgehead atoms. The lowest BCUT2D eigenvalue weighted by Gasteiger charge is -2.29. The Balaban J connectivity index is 2.01. The fraction of sp³-hybridized carbons (Fsp3) is 0.467. The van der Waals surface area contributed by atoms with E-state index in [1.807, 2.05) is 0 Å². The maximum atomic E-state index is 4.69. The Morgan fingerprint density at radius 2 is 1.95 bits per heavy atom. The van der Waals surface area contributed by atoms with E-state index < -0.39 is 0 Å². The van der Waals surface area contributed by atoms with E-state index in [4.69, 9.17) is 4.98 Å². The number of rotatable bonds is 3. The summed E-state index contributed by atoms with van der Waals surface area (Å²) in [5.74, 6) is 1.99. The lowest BCUT2D eigenvalue weighted by atomic mass is 10.1. The highest BCUT2D eigenvalue weighted by Crippen LogP contribution is 2.22. The Bertz CT molecular complexity index is 592. The van der Waals surface area contributed by atoms with Crippen molar-refractivity contribution in [1.82, 2.24) is 25.3 Å². The minimum atomic E-state index is 0.352. The van der Waals surface area contributed by atoms with Gasteiger partial charge in [-0.3, -0.25) is 4.98 Å². The van der Waals surface area contributed by atoms with E-state index in [0.717, 1.165) is 43.4 Å². The molecule has 1 N–H and O–H groups in total. The number of nitrogens with one attached hydrogen (secondary N) is 1. The Morgan fingerprint density at radius 3 is 2.62 bits per heavy atom. The minimum absolute atomic E-state index is 0.352. The summed E-state index contributed by atoms with van der Waals surface area (Å²) in [6.45, 7) is 8.19. The van der Waals surface area contributed by atoms with Gasteiger partial charge in [-0.25, -0.2) is 15.0 Å². The average molecular weight is 284 g/mol. The summed E-state index contributed by atoms with van der Waals surface area (Å²) in [6, 6.07) is 2.09. The molecule has 3 heterocycles. The molecule has 0 aromatic carbocycles. The van der Waals surface area contributed by atoms with Crippen LogP contribution in [0.4, 0.5) is 5.82 Å². The first kappa shape index (κ1) is 13.9. The highest BCUT2D eigenvalue weighted by atomic mass is 15.2. The van der Waals surface area contributed by atoms with E-state index in [0.29, 0.717) is 11.7 Å². The van der Waals surface area contributed by atoms with E-state index in [1.54, 1.807) is 18.6 Å². The van der Waals surface area contributed by atoms with Crippen LogP contribution in [0, 0.1) is 0 Å². The van der Waals surface area contributed by atoms with Gasteiger partial charge in [0, 0.05) is 50.3 Å². The van der Waals surface area contributed by atoms with E-state index in [9.17, 15) is 0 Å². The first-order valence-corrected chi connectivity index (χ1v) is 7.35. The van der Waals surface area contributed by atoms with E-state index in [1.165, 1.54) is 0 Å². The number of aromatic nitrogens is 4. The highest BCUT2D eigenvalue weighted by molar-refractivity contribution is 5.53. The summed E-state index contributed by atoms with van der Waals surface area (Å²) < 4.78 is 0. The molecular weight excluding hydrogens is 264 g/mol. The Hall–Kier alpha value is -2.08. The van der Waals surface area contributed by atoms with Gasteiger partial charge in [-0.1, -0.05) is 13.8 Å². The zero-order valence-corrected chi connectivity index (χ0v) is 12.5. The Kier molecular flexibility index (Phi) is 4.06. The predicted molar refractivity (Wildman–Crippen MR) is 82.2 cm³/mol. The molecule has 0 radical (unpaired) electrons. The summed E-state index contributed by atoms with van der Waals surface area (Å²) in [4.78, 5) is 20.1. The second-order valence-electron chi connectivity index (χ2n) is 5.46. The molecule has 21 heavy (non-hydrogen) atoms. The standard InChI is InChI=1S/C15H20N6/c1-11(2)12-9-14(21-7-5-16-6-8-21)20-15(19-12)13-10-17-3-4-18-13/h3-4,9-11,16H,5-8H2,1-2H3. The summed E-state index contributed by atoms with van der Waals surface area (Å²) in [6.07, 6.45) is 5.04. The molecule has 0 saturated carbocycles. The highest BCUT2D eigenvalue weighted by Gasteiger charge is 2.16. The second kappa shape index (κ2) is 6.13. The largest absolute Gasteiger partial charge is 0.354 e. The van der Waals surface area contributed by atoms with Crippen molar-refractivity contribution in [2.24, 2.45) is 0 Å². The van der Waals surface area contributed by atoms with Crippen molar-refractivity contribution in [3.05, 3.63) is 30.4 Å². The van der Waals surface area contributed by atoms with Crippen molar-refractivity contribution in [2.75, 3.05) is 31.1 Å². The van der Waals surface area contributed by atoms with Gasteiger partial charge in [0.05, 0.1) is 6.20 Å². The van der Waals surface area contributed by atoms with Gasteiger partial charge in [0.15, 0.2) is 5.82 Å². The molecular formula is C15H20N6. The molecule has 0 unspecified atom stereocenters. The van der Waals surface area contributed by atoms with Gasteiger partial charge < -0.3 is 10.2 Å². The van der Waals surface area contributed by atoms with Gasteiger partial charge >= 0.3 is 0 Å². The van der Waals surface area contributed by atoms with E-state index >= 15 is 0 Å². The van der Waals surface area contributed by atoms with Gasteiger partial charge in [-0.15, -0.1) is 0 Å². The van der Waals surface area contributed by atoms with Crippen LogP contribution in [0.1, 0.15) is 25.5 Å². The van der Waals surface area contributed by atoms with Crippen LogP contribution in [0.2, 0.25) is 0 Å². The molecule has 1 aliphatic rings. The Labute approximate surface area is 124 Å². The van der Waals surface area contributed by atoms with Gasteiger partial charge in [0.1, 0.15) is 11.5 Å². The summed E-state index contributed by atoms with van der Waals surface area (Å²) in [5, 5.41) is 3.36. The van der Waals surface area contributed by atoms with Crippen LogP contribution >= 0.6 is 0 Å². The van der Waals surface area contributed by atoms with E-state index in [2.05, 4.69) is 45.1 Å². The average Bonchev–Trinajstić information content (AvgIpc) is 2.56. The molecule has 2 aromatic heterocycles. The SMILES string of the molecule is CC(C)c1cc(N2CCNCC2)nc(-c2cnccn2)n1. The van der Waals surface area contributed by atoms with Crippen molar-refractivity contribution in [2.45, 2.75) is 19.8 Å². The van der Waals surface area contributed by atoms with Crippen molar-refractivity contribution < 1.29 is 0 Å². The monoisotopic (exact) mass is 284 g/mol. The molecule has 0 aliphatic carbocycles. The van der Waals surface area contributed by atoms with Crippen LogP contribution in [-0.4, -0.2) is 46.1 Å². The van der Waals surface area contributed by atoms with E-state index in [-0.39, 0.29) is 0 Å². The zero-order valence-electron chi connectivity index (χ0n) is 12.5. The second-order valence-corrected chi connectivity index (χ2v) is 5.46. The Morgan fingerprint density at radius 1 is 1.14 bits per heavy atom. The molecule has 6 nitrogen and oxygen atoms in total. The number of hydrogen-bond acceptors (Lipinski definition) is 6. The summed E-state index contributed by atoms with van der Waals surface area (Å²) in [7, 11) is 0. The third kappa shape index (κ3) is 3.16. The number of anilines is 1. The smallest absolute Gasteiger partial charge is 0.182 e. The predicted octanol–water partition coefficient (Wildman–Crippen LogP) is 1.47. The molecule has 3 rings (SSSR count). The molecule has 1 fully saturated rings. The molecule has 0 amide bonds. The van der Waals surface area contributed by atoms with Gasteiger partial charge in [-0.2, -0.15) is 0 Å². The fourth-order valence-corrected chi connectivity index (χ4v) is 2.33. The normalized spacial score (nSPS) is 15.5. The van der Waals surface area contributed by atoms with Crippen molar-refractivity contribution in [1.29, 1.82) is 0 Å². The lowest BCUT2D eigenvalue weighted by Crippen LogP contribution is -2.44. The van der Waals surface area contributed by atoms with Crippen LogP contribution in [0.5, 0.6) is 0 Å². The van der Waals surface area contributed by atoms with Crippen LogP contribution in [0.25, 0.3) is 11.5 Å². The molecule has 0 spiro atoms. The minimum Gasteiger partial charge on any atom is -0.354 e. The third-order valence-corrected chi connectivity index (χ3v) is 3.56. The topological polar surface area (TPSA) is 66.8 Å².